The Kier molecular flexibility index (Phi) is 22.1. The number of carboxylic acids is 1. The molecule has 0 aromatic rings. The molecule has 0 aliphatic heterocycles. The number of hydrogen-bond acceptors (Lipinski definition) is 2. The van der Waals surface area contributed by atoms with Gasteiger partial charge < -0.3 is 9.90 Å². The second kappa shape index (κ2) is 19.9. The predicted octanol–water partition coefficient (Wildman–Crippen LogP) is 1.55. The number of carbonyl (C=O) groups is 1. The molecular formula is C18H31NaO2. The topological polar surface area (TPSA) is 40.1 Å². The van der Waals surface area contributed by atoms with Crippen molar-refractivity contribution < 1.29 is 39.5 Å². The quantitative estimate of drug-likeness (QED) is 0.211. The predicted molar refractivity (Wildman–Crippen MR) is 84.4 cm³/mol. The van der Waals surface area contributed by atoms with Crippen molar-refractivity contribution in [2.24, 2.45) is 0 Å². The van der Waals surface area contributed by atoms with Crippen molar-refractivity contribution in [3.8, 4) is 0 Å². The van der Waals surface area contributed by atoms with Gasteiger partial charge in [-0.1, -0.05) is 89.4 Å². The van der Waals surface area contributed by atoms with Crippen LogP contribution in [-0.4, -0.2) is 5.97 Å². The zero-order valence-corrected chi connectivity index (χ0v) is 16.1. The van der Waals surface area contributed by atoms with Crippen LogP contribution in [0.5, 0.6) is 0 Å². The maximum Gasteiger partial charge on any atom is 1.00 e. The number of allylic oxidation sites excluding steroid dienone is 3. The summed E-state index contributed by atoms with van der Waals surface area (Å²) in [7, 11) is 0. The van der Waals surface area contributed by atoms with Gasteiger partial charge in [-0.15, -0.1) is 0 Å². The van der Waals surface area contributed by atoms with Gasteiger partial charge in [0, 0.05) is 0 Å². The Morgan fingerprint density at radius 1 is 0.810 bits per heavy atom. The van der Waals surface area contributed by atoms with Gasteiger partial charge in [0.2, 0.25) is 0 Å². The van der Waals surface area contributed by atoms with E-state index >= 15 is 0 Å². The molecule has 0 fully saturated rings. The fourth-order valence-corrected chi connectivity index (χ4v) is 2.24. The smallest absolute Gasteiger partial charge is 0.545 e. The first-order valence-electron chi connectivity index (χ1n) is 8.31. The van der Waals surface area contributed by atoms with Gasteiger partial charge in [-0.2, -0.15) is 0 Å². The van der Waals surface area contributed by atoms with Crippen molar-refractivity contribution in [1.29, 1.82) is 0 Å². The van der Waals surface area contributed by atoms with Crippen LogP contribution in [0.15, 0.2) is 24.3 Å². The van der Waals surface area contributed by atoms with Gasteiger partial charge in [0.1, 0.15) is 0 Å². The van der Waals surface area contributed by atoms with Crippen LogP contribution in [0.25, 0.3) is 0 Å². The normalized spacial score (nSPS) is 11.1. The standard InChI is InChI=1S/C18H32O2.Na/c1-2-3-4-5-6-7-8-9-10-11-12-13-14-15-16-17-18(19)20;/h14-17H,2-13H2,1H3,(H,19,20);/q;+1/p-1. The molecule has 21 heavy (non-hydrogen) atoms. The van der Waals surface area contributed by atoms with Gasteiger partial charge >= 0.3 is 29.6 Å². The minimum Gasteiger partial charge on any atom is -0.545 e. The summed E-state index contributed by atoms with van der Waals surface area (Å²) in [6.45, 7) is 2.26. The van der Waals surface area contributed by atoms with Crippen LogP contribution in [0.2, 0.25) is 0 Å². The first kappa shape index (κ1) is 23.2. The maximum absolute atomic E-state index is 10.1. The Labute approximate surface area is 153 Å². The van der Waals surface area contributed by atoms with Crippen molar-refractivity contribution in [2.75, 3.05) is 0 Å². The minimum absolute atomic E-state index is 0. The summed E-state index contributed by atoms with van der Waals surface area (Å²) in [6.07, 6.45) is 22.3. The molecule has 0 aliphatic rings. The number of hydrogen-bond donors (Lipinski definition) is 0. The van der Waals surface area contributed by atoms with Gasteiger partial charge in [-0.3, -0.25) is 0 Å². The number of rotatable bonds is 14. The van der Waals surface area contributed by atoms with E-state index < -0.39 is 5.97 Å². The van der Waals surface area contributed by atoms with Gasteiger partial charge in [0.05, 0.1) is 5.97 Å². The van der Waals surface area contributed by atoms with Crippen molar-refractivity contribution >= 4 is 5.97 Å². The van der Waals surface area contributed by atoms with E-state index in [2.05, 4.69) is 6.92 Å². The Hall–Kier alpha value is -0.0500. The number of aliphatic carboxylic acids is 1. The number of carboxylic acid groups (broad SMARTS) is 1. The third kappa shape index (κ3) is 22.4. The molecule has 0 amide bonds. The first-order chi connectivity index (χ1) is 9.77. The second-order valence-corrected chi connectivity index (χ2v) is 5.43. The molecule has 0 bridgehead atoms. The fraction of sp³-hybridized carbons (Fsp3) is 0.722. The Morgan fingerprint density at radius 3 is 1.76 bits per heavy atom. The zero-order valence-electron chi connectivity index (χ0n) is 14.1. The van der Waals surface area contributed by atoms with Gasteiger partial charge in [-0.05, 0) is 18.9 Å². The second-order valence-electron chi connectivity index (χ2n) is 5.43. The molecule has 0 unspecified atom stereocenters. The van der Waals surface area contributed by atoms with Crippen LogP contribution < -0.4 is 34.7 Å². The molecule has 0 heterocycles. The summed E-state index contributed by atoms with van der Waals surface area (Å²) >= 11 is 0. The van der Waals surface area contributed by atoms with E-state index in [-0.39, 0.29) is 29.6 Å². The Morgan fingerprint density at radius 2 is 1.29 bits per heavy atom. The van der Waals surface area contributed by atoms with E-state index in [9.17, 15) is 9.90 Å². The van der Waals surface area contributed by atoms with E-state index in [4.69, 9.17) is 0 Å². The zero-order chi connectivity index (χ0) is 14.9. The fourth-order valence-electron chi connectivity index (χ4n) is 2.24. The molecule has 0 rings (SSSR count). The van der Waals surface area contributed by atoms with Crippen molar-refractivity contribution in [3.63, 3.8) is 0 Å². The first-order valence-corrected chi connectivity index (χ1v) is 8.31. The van der Waals surface area contributed by atoms with Crippen LogP contribution in [-0.2, 0) is 4.79 Å². The summed E-state index contributed by atoms with van der Waals surface area (Å²) in [5.74, 6) is -1.13. The van der Waals surface area contributed by atoms with Crippen LogP contribution in [0.4, 0.5) is 0 Å². The summed E-state index contributed by atoms with van der Waals surface area (Å²) in [5, 5.41) is 10.1. The van der Waals surface area contributed by atoms with Crippen molar-refractivity contribution in [1.82, 2.24) is 0 Å². The van der Waals surface area contributed by atoms with Gasteiger partial charge in [0.25, 0.3) is 0 Å². The summed E-state index contributed by atoms with van der Waals surface area (Å²) in [5.41, 5.74) is 0. The summed E-state index contributed by atoms with van der Waals surface area (Å²) < 4.78 is 0. The van der Waals surface area contributed by atoms with Crippen LogP contribution in [0.3, 0.4) is 0 Å². The molecule has 116 valence electrons. The van der Waals surface area contributed by atoms with Crippen LogP contribution >= 0.6 is 0 Å². The average Bonchev–Trinajstić information content (AvgIpc) is 2.43. The molecular weight excluding hydrogens is 271 g/mol. The number of carbonyl (C=O) groups excluding carboxylic acids is 1. The largest absolute Gasteiger partial charge is 1.00 e. The minimum atomic E-state index is -1.13. The third-order valence-electron chi connectivity index (χ3n) is 3.45. The molecule has 3 heteroatoms. The van der Waals surface area contributed by atoms with Crippen molar-refractivity contribution in [2.45, 2.75) is 84.0 Å². The molecule has 0 saturated heterocycles. The SMILES string of the molecule is CCCCCCCCCCCCCC=CC=CC(=O)[O-].[Na+]. The van der Waals surface area contributed by atoms with E-state index in [0.717, 1.165) is 12.5 Å². The molecule has 0 aromatic heterocycles. The monoisotopic (exact) mass is 302 g/mol. The molecule has 0 aliphatic carbocycles. The Bertz CT molecular complexity index is 272. The summed E-state index contributed by atoms with van der Waals surface area (Å²) in [6, 6.07) is 0. The van der Waals surface area contributed by atoms with Gasteiger partial charge in [0.15, 0.2) is 0 Å². The molecule has 0 atom stereocenters. The van der Waals surface area contributed by atoms with Crippen LogP contribution in [0, 0.1) is 0 Å². The molecule has 0 radical (unpaired) electrons. The van der Waals surface area contributed by atoms with Crippen molar-refractivity contribution in [3.05, 3.63) is 24.3 Å². The van der Waals surface area contributed by atoms with E-state index in [1.807, 2.05) is 6.08 Å². The molecule has 0 spiro atoms. The average molecular weight is 302 g/mol. The Balaban J connectivity index is 0. The molecule has 0 saturated carbocycles. The summed E-state index contributed by atoms with van der Waals surface area (Å²) in [4.78, 5) is 10.1. The van der Waals surface area contributed by atoms with Gasteiger partial charge in [-0.25, -0.2) is 0 Å². The van der Waals surface area contributed by atoms with E-state index in [1.165, 1.54) is 76.7 Å². The molecule has 0 N–H and O–H groups in total. The van der Waals surface area contributed by atoms with Crippen LogP contribution in [0.1, 0.15) is 84.0 Å². The molecule has 2 nitrogen and oxygen atoms in total. The molecule has 0 aromatic carbocycles. The maximum atomic E-state index is 10.1. The van der Waals surface area contributed by atoms with E-state index in [0.29, 0.717) is 0 Å². The number of unbranched alkanes of at least 4 members (excludes halogenated alkanes) is 11. The third-order valence-corrected chi connectivity index (χ3v) is 3.45. The van der Waals surface area contributed by atoms with E-state index in [1.54, 1.807) is 6.08 Å².